The second-order valence-corrected chi connectivity index (χ2v) is 6.89. The van der Waals surface area contributed by atoms with Gasteiger partial charge in [-0.05, 0) is 73.8 Å². The highest BCUT2D eigenvalue weighted by Crippen LogP contribution is 2.35. The van der Waals surface area contributed by atoms with E-state index in [0.717, 1.165) is 36.8 Å². The molecule has 0 N–H and O–H groups in total. The van der Waals surface area contributed by atoms with Crippen molar-refractivity contribution in [1.29, 1.82) is 0 Å². The Hall–Kier alpha value is -2.30. The van der Waals surface area contributed by atoms with Crippen LogP contribution in [0.4, 0.5) is 17.6 Å². The molecular formula is C22H22F4O. The van der Waals surface area contributed by atoms with Crippen LogP contribution in [0.5, 0.6) is 5.75 Å². The summed E-state index contributed by atoms with van der Waals surface area (Å²) in [6.45, 7) is 2.01. The maximum absolute atomic E-state index is 15.0. The van der Waals surface area contributed by atoms with E-state index < -0.39 is 6.36 Å². The zero-order valence-corrected chi connectivity index (χ0v) is 15.2. The maximum atomic E-state index is 15.0. The van der Waals surface area contributed by atoms with Crippen LogP contribution in [0.15, 0.2) is 48.6 Å². The van der Waals surface area contributed by atoms with E-state index in [1.54, 1.807) is 6.07 Å². The van der Waals surface area contributed by atoms with Crippen LogP contribution in [0.1, 0.15) is 37.3 Å². The molecule has 0 radical (unpaired) electrons. The SMILES string of the molecule is C/C=C/CCC1CCc2c(ccc(-c3ccc(OC(F)(F)F)cc3)c2F)C1. The van der Waals surface area contributed by atoms with Gasteiger partial charge in [-0.15, -0.1) is 13.2 Å². The zero-order valence-electron chi connectivity index (χ0n) is 15.2. The third-order valence-corrected chi connectivity index (χ3v) is 5.03. The van der Waals surface area contributed by atoms with Crippen molar-refractivity contribution in [3.05, 3.63) is 65.5 Å². The molecule has 0 fully saturated rings. The third-order valence-electron chi connectivity index (χ3n) is 5.03. The fourth-order valence-corrected chi connectivity index (χ4v) is 3.69. The number of rotatable bonds is 5. The Balaban J connectivity index is 1.77. The first kappa shape index (κ1) is 19.5. The molecule has 27 heavy (non-hydrogen) atoms. The summed E-state index contributed by atoms with van der Waals surface area (Å²) in [6, 6.07) is 9.00. The Morgan fingerprint density at radius 3 is 2.52 bits per heavy atom. The fraction of sp³-hybridized carbons (Fsp3) is 0.364. The molecule has 144 valence electrons. The van der Waals surface area contributed by atoms with E-state index in [2.05, 4.69) is 10.8 Å². The van der Waals surface area contributed by atoms with Crippen LogP contribution >= 0.6 is 0 Å². The Morgan fingerprint density at radius 2 is 1.85 bits per heavy atom. The molecule has 0 amide bonds. The largest absolute Gasteiger partial charge is 0.573 e. The molecule has 0 spiro atoms. The minimum absolute atomic E-state index is 0.260. The predicted octanol–water partition coefficient (Wildman–Crippen LogP) is 6.85. The average Bonchev–Trinajstić information content (AvgIpc) is 2.62. The summed E-state index contributed by atoms with van der Waals surface area (Å²) in [7, 11) is 0. The molecule has 1 aliphatic carbocycles. The molecule has 1 unspecified atom stereocenters. The lowest BCUT2D eigenvalue weighted by atomic mass is 9.80. The van der Waals surface area contributed by atoms with Gasteiger partial charge in [0.25, 0.3) is 0 Å². The van der Waals surface area contributed by atoms with E-state index in [-0.39, 0.29) is 11.6 Å². The lowest BCUT2D eigenvalue weighted by Gasteiger charge is -2.25. The standard InChI is InChI=1S/C22H22F4O/c1-2-3-4-5-15-6-12-20-17(14-15)9-13-19(21(20)23)16-7-10-18(11-8-16)27-22(24,25)26/h2-3,7-11,13,15H,4-6,12,14H2,1H3/b3-2+. The molecule has 2 aromatic rings. The highest BCUT2D eigenvalue weighted by Gasteiger charge is 2.31. The molecule has 0 heterocycles. The van der Waals surface area contributed by atoms with Crippen molar-refractivity contribution in [1.82, 2.24) is 0 Å². The predicted molar refractivity (Wildman–Crippen MR) is 98.1 cm³/mol. The smallest absolute Gasteiger partial charge is 0.406 e. The van der Waals surface area contributed by atoms with Crippen LogP contribution in [-0.4, -0.2) is 6.36 Å². The highest BCUT2D eigenvalue weighted by molar-refractivity contribution is 5.66. The normalized spacial score (nSPS) is 17.1. The number of fused-ring (bicyclic) bond motifs is 1. The van der Waals surface area contributed by atoms with Gasteiger partial charge >= 0.3 is 6.36 Å². The minimum Gasteiger partial charge on any atom is -0.406 e. The molecule has 5 heteroatoms. The molecule has 0 saturated carbocycles. The van der Waals surface area contributed by atoms with Crippen LogP contribution in [0, 0.1) is 11.7 Å². The molecule has 2 aromatic carbocycles. The molecule has 0 aliphatic heterocycles. The monoisotopic (exact) mass is 378 g/mol. The quantitative estimate of drug-likeness (QED) is 0.408. The van der Waals surface area contributed by atoms with Crippen molar-refractivity contribution in [3.63, 3.8) is 0 Å². The summed E-state index contributed by atoms with van der Waals surface area (Å²) >= 11 is 0. The second-order valence-electron chi connectivity index (χ2n) is 6.89. The summed E-state index contributed by atoms with van der Waals surface area (Å²) in [5.74, 6) is -0.00441. The van der Waals surface area contributed by atoms with E-state index >= 15 is 4.39 Å². The van der Waals surface area contributed by atoms with Gasteiger partial charge in [-0.3, -0.25) is 0 Å². The summed E-state index contributed by atoms with van der Waals surface area (Å²) in [5, 5.41) is 0. The van der Waals surface area contributed by atoms with Crippen molar-refractivity contribution in [3.8, 4) is 16.9 Å². The van der Waals surface area contributed by atoms with E-state index in [1.165, 1.54) is 24.3 Å². The first-order chi connectivity index (χ1) is 12.9. The van der Waals surface area contributed by atoms with Gasteiger partial charge in [-0.2, -0.15) is 0 Å². The number of hydrogen-bond acceptors (Lipinski definition) is 1. The van der Waals surface area contributed by atoms with Crippen LogP contribution in [0.25, 0.3) is 11.1 Å². The van der Waals surface area contributed by atoms with E-state index in [0.29, 0.717) is 23.5 Å². The molecule has 0 aromatic heterocycles. The van der Waals surface area contributed by atoms with Crippen molar-refractivity contribution < 1.29 is 22.3 Å². The van der Waals surface area contributed by atoms with Gasteiger partial charge in [0.1, 0.15) is 11.6 Å². The van der Waals surface area contributed by atoms with Crippen molar-refractivity contribution >= 4 is 0 Å². The third kappa shape index (κ3) is 4.90. The maximum Gasteiger partial charge on any atom is 0.573 e. The Morgan fingerprint density at radius 1 is 1.11 bits per heavy atom. The molecule has 1 nitrogen and oxygen atoms in total. The number of hydrogen-bond donors (Lipinski definition) is 0. The van der Waals surface area contributed by atoms with Gasteiger partial charge < -0.3 is 4.74 Å². The van der Waals surface area contributed by atoms with Gasteiger partial charge in [0.15, 0.2) is 0 Å². The first-order valence-electron chi connectivity index (χ1n) is 9.15. The number of alkyl halides is 3. The van der Waals surface area contributed by atoms with E-state index in [4.69, 9.17) is 0 Å². The lowest BCUT2D eigenvalue weighted by Crippen LogP contribution is -2.17. The van der Waals surface area contributed by atoms with Gasteiger partial charge in [0, 0.05) is 5.56 Å². The van der Waals surface area contributed by atoms with Crippen molar-refractivity contribution in [2.75, 3.05) is 0 Å². The summed E-state index contributed by atoms with van der Waals surface area (Å²) in [6.07, 6.45) is 4.16. The molecule has 0 saturated heterocycles. The Bertz CT molecular complexity index is 806. The number of allylic oxidation sites excluding steroid dienone is 2. The minimum atomic E-state index is -4.73. The first-order valence-corrected chi connectivity index (χ1v) is 9.15. The fourth-order valence-electron chi connectivity index (χ4n) is 3.69. The van der Waals surface area contributed by atoms with Gasteiger partial charge in [-0.1, -0.05) is 36.4 Å². The molecule has 0 bridgehead atoms. The number of ether oxygens (including phenoxy) is 1. The summed E-state index contributed by atoms with van der Waals surface area (Å²) in [4.78, 5) is 0. The number of benzene rings is 2. The van der Waals surface area contributed by atoms with Crippen LogP contribution in [-0.2, 0) is 12.8 Å². The van der Waals surface area contributed by atoms with Crippen molar-refractivity contribution in [2.24, 2.45) is 5.92 Å². The van der Waals surface area contributed by atoms with Crippen LogP contribution < -0.4 is 4.74 Å². The second kappa shape index (κ2) is 8.15. The topological polar surface area (TPSA) is 9.23 Å². The Kier molecular flexibility index (Phi) is 5.88. The van der Waals surface area contributed by atoms with Gasteiger partial charge in [0.2, 0.25) is 0 Å². The number of halogens is 4. The van der Waals surface area contributed by atoms with Gasteiger partial charge in [-0.25, -0.2) is 4.39 Å². The molecule has 3 rings (SSSR count). The molecule has 1 aliphatic rings. The zero-order chi connectivity index (χ0) is 19.4. The summed E-state index contributed by atoms with van der Waals surface area (Å²) in [5.41, 5.74) is 2.75. The van der Waals surface area contributed by atoms with E-state index in [9.17, 15) is 13.2 Å². The van der Waals surface area contributed by atoms with Crippen LogP contribution in [0.2, 0.25) is 0 Å². The van der Waals surface area contributed by atoms with Crippen LogP contribution in [0.3, 0.4) is 0 Å². The Labute approximate surface area is 156 Å². The average molecular weight is 378 g/mol. The lowest BCUT2D eigenvalue weighted by molar-refractivity contribution is -0.274. The van der Waals surface area contributed by atoms with Gasteiger partial charge in [0.05, 0.1) is 0 Å². The summed E-state index contributed by atoms with van der Waals surface area (Å²) < 4.78 is 55.7. The molecule has 1 atom stereocenters. The molecular weight excluding hydrogens is 356 g/mol. The van der Waals surface area contributed by atoms with Crippen molar-refractivity contribution in [2.45, 2.75) is 45.4 Å². The van der Waals surface area contributed by atoms with E-state index in [1.807, 2.05) is 19.1 Å². The highest BCUT2D eigenvalue weighted by atomic mass is 19.4.